The van der Waals surface area contributed by atoms with Crippen molar-refractivity contribution >= 4 is 21.7 Å². The van der Waals surface area contributed by atoms with Crippen LogP contribution < -0.4 is 4.90 Å². The van der Waals surface area contributed by atoms with Crippen molar-refractivity contribution in [2.45, 2.75) is 4.90 Å². The van der Waals surface area contributed by atoms with Crippen LogP contribution in [0.5, 0.6) is 0 Å². The average Bonchev–Trinajstić information content (AvgIpc) is 2.38. The lowest BCUT2D eigenvalue weighted by atomic mass is 10.3. The summed E-state index contributed by atoms with van der Waals surface area (Å²) in [5.41, 5.74) is 0.460. The lowest BCUT2D eigenvalue weighted by molar-refractivity contribution is -0.138. The van der Waals surface area contributed by atoms with Gasteiger partial charge in [0.05, 0.1) is 12.8 Å². The van der Waals surface area contributed by atoms with Crippen LogP contribution in [0, 0.1) is 0 Å². The van der Waals surface area contributed by atoms with Gasteiger partial charge >= 0.3 is 5.97 Å². The molecule has 0 aliphatic carbocycles. The third kappa shape index (κ3) is 3.45. The van der Waals surface area contributed by atoms with Gasteiger partial charge in [0.2, 0.25) is 10.0 Å². The molecule has 0 aliphatic heterocycles. The Labute approximate surface area is 113 Å². The molecule has 0 aliphatic rings. The summed E-state index contributed by atoms with van der Waals surface area (Å²) >= 11 is 0. The van der Waals surface area contributed by atoms with Gasteiger partial charge in [-0.2, -0.15) is 0 Å². The van der Waals surface area contributed by atoms with Gasteiger partial charge in [-0.25, -0.2) is 12.7 Å². The van der Waals surface area contributed by atoms with E-state index in [9.17, 15) is 13.2 Å². The van der Waals surface area contributed by atoms with Gasteiger partial charge < -0.3 is 9.64 Å². The molecule has 106 valence electrons. The SMILES string of the molecule is COC(=O)CN(C)c1ccccc1S(=O)(=O)N(C)C. The first-order valence-electron chi connectivity index (χ1n) is 5.60. The molecule has 19 heavy (non-hydrogen) atoms. The van der Waals surface area contributed by atoms with E-state index in [1.807, 2.05) is 0 Å². The molecular formula is C12H18N2O4S. The predicted octanol–water partition coefficient (Wildman–Crippen LogP) is 0.546. The number of hydrogen-bond acceptors (Lipinski definition) is 5. The van der Waals surface area contributed by atoms with Crippen molar-refractivity contribution in [3.63, 3.8) is 0 Å². The van der Waals surface area contributed by atoms with Crippen molar-refractivity contribution in [1.29, 1.82) is 0 Å². The summed E-state index contributed by atoms with van der Waals surface area (Å²) in [7, 11) is 2.30. The summed E-state index contributed by atoms with van der Waals surface area (Å²) in [6.07, 6.45) is 0. The van der Waals surface area contributed by atoms with Crippen LogP contribution in [0.1, 0.15) is 0 Å². The van der Waals surface area contributed by atoms with Crippen molar-refractivity contribution in [3.8, 4) is 0 Å². The van der Waals surface area contributed by atoms with Gasteiger partial charge in [0, 0.05) is 21.1 Å². The van der Waals surface area contributed by atoms with Crippen LogP contribution in [-0.4, -0.2) is 53.5 Å². The molecule has 0 unspecified atom stereocenters. The minimum Gasteiger partial charge on any atom is -0.468 e. The first-order chi connectivity index (χ1) is 8.80. The summed E-state index contributed by atoms with van der Waals surface area (Å²) in [4.78, 5) is 13.0. The van der Waals surface area contributed by atoms with Crippen molar-refractivity contribution in [1.82, 2.24) is 4.31 Å². The molecule has 0 N–H and O–H groups in total. The summed E-state index contributed by atoms with van der Waals surface area (Å²) in [6, 6.07) is 6.53. The molecule has 6 nitrogen and oxygen atoms in total. The molecule has 7 heteroatoms. The van der Waals surface area contributed by atoms with E-state index in [-0.39, 0.29) is 11.4 Å². The van der Waals surface area contributed by atoms with Crippen LogP contribution >= 0.6 is 0 Å². The van der Waals surface area contributed by atoms with Crippen molar-refractivity contribution in [3.05, 3.63) is 24.3 Å². The first-order valence-corrected chi connectivity index (χ1v) is 7.04. The molecular weight excluding hydrogens is 268 g/mol. The molecule has 0 bridgehead atoms. The van der Waals surface area contributed by atoms with Crippen molar-refractivity contribution in [2.75, 3.05) is 39.7 Å². The van der Waals surface area contributed by atoms with Gasteiger partial charge in [0.1, 0.15) is 11.4 Å². The Kier molecular flexibility index (Phi) is 4.90. The second kappa shape index (κ2) is 6.03. The van der Waals surface area contributed by atoms with Crippen LogP contribution in [-0.2, 0) is 19.6 Å². The molecule has 0 aromatic heterocycles. The van der Waals surface area contributed by atoms with Gasteiger partial charge in [0.25, 0.3) is 0 Å². The highest BCUT2D eigenvalue weighted by Crippen LogP contribution is 2.25. The number of anilines is 1. The fourth-order valence-corrected chi connectivity index (χ4v) is 2.66. The molecule has 0 amide bonds. The molecule has 1 rings (SSSR count). The number of para-hydroxylation sites is 1. The highest BCUT2D eigenvalue weighted by Gasteiger charge is 2.23. The Morgan fingerprint density at radius 2 is 1.79 bits per heavy atom. The molecule has 0 saturated heterocycles. The molecule has 1 aromatic rings. The standard InChI is InChI=1S/C12H18N2O4S/c1-13(2)19(16,17)11-8-6-5-7-10(11)14(3)9-12(15)18-4/h5-8H,9H2,1-4H3. The van der Waals surface area contributed by atoms with Crippen LogP contribution in [0.4, 0.5) is 5.69 Å². The fourth-order valence-electron chi connectivity index (χ4n) is 1.53. The second-order valence-corrected chi connectivity index (χ2v) is 6.31. The smallest absolute Gasteiger partial charge is 0.325 e. The molecule has 0 spiro atoms. The van der Waals surface area contributed by atoms with Crippen LogP contribution in [0.15, 0.2) is 29.2 Å². The monoisotopic (exact) mass is 286 g/mol. The number of methoxy groups -OCH3 is 1. The van der Waals surface area contributed by atoms with Gasteiger partial charge in [-0.05, 0) is 12.1 Å². The largest absolute Gasteiger partial charge is 0.468 e. The maximum Gasteiger partial charge on any atom is 0.325 e. The van der Waals surface area contributed by atoms with E-state index in [0.29, 0.717) is 5.69 Å². The third-order valence-electron chi connectivity index (χ3n) is 2.63. The van der Waals surface area contributed by atoms with Gasteiger partial charge in [0.15, 0.2) is 0 Å². The maximum absolute atomic E-state index is 12.2. The summed E-state index contributed by atoms with van der Waals surface area (Å²) in [5.74, 6) is -0.431. The number of carbonyl (C=O) groups is 1. The Morgan fingerprint density at radius 3 is 2.32 bits per heavy atom. The van der Waals surface area contributed by atoms with E-state index in [1.165, 1.54) is 27.3 Å². The number of hydrogen-bond donors (Lipinski definition) is 0. The number of ether oxygens (including phenoxy) is 1. The van der Waals surface area contributed by atoms with E-state index in [1.54, 1.807) is 30.1 Å². The molecule has 0 saturated carbocycles. The average molecular weight is 286 g/mol. The summed E-state index contributed by atoms with van der Waals surface area (Å²) in [6.45, 7) is -0.0174. The zero-order chi connectivity index (χ0) is 14.6. The number of esters is 1. The molecule has 0 fully saturated rings. The number of likely N-dealkylation sites (N-methyl/N-ethyl adjacent to an activating group) is 1. The van der Waals surface area contributed by atoms with Crippen LogP contribution in [0.3, 0.4) is 0 Å². The van der Waals surface area contributed by atoms with Crippen LogP contribution in [0.25, 0.3) is 0 Å². The Bertz CT molecular complexity index is 555. The number of rotatable bonds is 5. The van der Waals surface area contributed by atoms with Gasteiger partial charge in [-0.15, -0.1) is 0 Å². The van der Waals surface area contributed by atoms with E-state index >= 15 is 0 Å². The zero-order valence-corrected chi connectivity index (χ0v) is 12.3. The van der Waals surface area contributed by atoms with E-state index in [4.69, 9.17) is 0 Å². The van der Waals surface area contributed by atoms with E-state index in [0.717, 1.165) is 4.31 Å². The lowest BCUT2D eigenvalue weighted by Crippen LogP contribution is -2.30. The van der Waals surface area contributed by atoms with Crippen LogP contribution in [0.2, 0.25) is 0 Å². The van der Waals surface area contributed by atoms with E-state index < -0.39 is 16.0 Å². The van der Waals surface area contributed by atoms with E-state index in [2.05, 4.69) is 4.74 Å². The fraction of sp³-hybridized carbons (Fsp3) is 0.417. The maximum atomic E-state index is 12.2. The summed E-state index contributed by atoms with van der Waals surface area (Å²) in [5, 5.41) is 0. The minimum absolute atomic E-state index is 0.0174. The highest BCUT2D eigenvalue weighted by molar-refractivity contribution is 7.89. The van der Waals surface area contributed by atoms with Crippen molar-refractivity contribution in [2.24, 2.45) is 0 Å². The number of carbonyl (C=O) groups excluding carboxylic acids is 1. The zero-order valence-electron chi connectivity index (χ0n) is 11.5. The minimum atomic E-state index is -3.56. The Hall–Kier alpha value is -1.60. The molecule has 1 aromatic carbocycles. The van der Waals surface area contributed by atoms with Crippen molar-refractivity contribution < 1.29 is 17.9 Å². The Morgan fingerprint density at radius 1 is 1.21 bits per heavy atom. The Balaban J connectivity index is 3.20. The first kappa shape index (κ1) is 15.5. The molecule has 0 heterocycles. The van der Waals surface area contributed by atoms with Gasteiger partial charge in [-0.3, -0.25) is 4.79 Å². The normalized spacial score (nSPS) is 11.4. The number of benzene rings is 1. The lowest BCUT2D eigenvalue weighted by Gasteiger charge is -2.22. The predicted molar refractivity (Wildman–Crippen MR) is 72.6 cm³/mol. The van der Waals surface area contributed by atoms with Gasteiger partial charge in [-0.1, -0.05) is 12.1 Å². The number of sulfonamides is 1. The molecule has 0 atom stereocenters. The second-order valence-electron chi connectivity index (χ2n) is 4.19. The quantitative estimate of drug-likeness (QED) is 0.739. The third-order valence-corrected chi connectivity index (χ3v) is 4.49. The highest BCUT2D eigenvalue weighted by atomic mass is 32.2. The summed E-state index contributed by atoms with van der Waals surface area (Å²) < 4.78 is 30.1. The number of nitrogens with zero attached hydrogens (tertiary/aromatic N) is 2. The molecule has 0 radical (unpaired) electrons. The topological polar surface area (TPSA) is 66.9 Å².